The lowest BCUT2D eigenvalue weighted by Gasteiger charge is -2.11. The summed E-state index contributed by atoms with van der Waals surface area (Å²) in [5, 5.41) is 5.71. The molecule has 3 rings (SSSR count). The smallest absolute Gasteiger partial charge is 0.255 e. The second kappa shape index (κ2) is 6.74. The van der Waals surface area contributed by atoms with Crippen molar-refractivity contribution in [2.75, 3.05) is 17.7 Å². The normalized spacial score (nSPS) is 13.2. The standard InChI is InChI=1S/C19H20N2O3/c1-12-3-10-17(24-2)16(11-12)21-19(23)14-6-8-15(9-7-14)20-18(22)13-4-5-13/h3,6-11,13H,4-5H2,1-2H3,(H,20,22)(H,21,23). The first kappa shape index (κ1) is 16.1. The van der Waals surface area contributed by atoms with Crippen LogP contribution in [0.1, 0.15) is 28.8 Å². The maximum atomic E-state index is 12.4. The van der Waals surface area contributed by atoms with Crippen LogP contribution < -0.4 is 15.4 Å². The average Bonchev–Trinajstić information content (AvgIpc) is 3.40. The molecule has 0 saturated heterocycles. The molecule has 2 amide bonds. The Morgan fingerprint density at radius 3 is 2.38 bits per heavy atom. The number of benzene rings is 2. The van der Waals surface area contributed by atoms with Gasteiger partial charge in [0.15, 0.2) is 0 Å². The van der Waals surface area contributed by atoms with Gasteiger partial charge in [0, 0.05) is 17.2 Å². The second-order valence-corrected chi connectivity index (χ2v) is 6.00. The highest BCUT2D eigenvalue weighted by Gasteiger charge is 2.29. The quantitative estimate of drug-likeness (QED) is 0.883. The number of carbonyl (C=O) groups excluding carboxylic acids is 2. The second-order valence-electron chi connectivity index (χ2n) is 6.00. The molecular formula is C19H20N2O3. The number of hydrogen-bond donors (Lipinski definition) is 2. The van der Waals surface area contributed by atoms with Crippen LogP contribution in [0.4, 0.5) is 11.4 Å². The van der Waals surface area contributed by atoms with Crippen LogP contribution in [-0.4, -0.2) is 18.9 Å². The van der Waals surface area contributed by atoms with Crippen LogP contribution in [0.2, 0.25) is 0 Å². The average molecular weight is 324 g/mol. The summed E-state index contributed by atoms with van der Waals surface area (Å²) in [4.78, 5) is 24.1. The van der Waals surface area contributed by atoms with Crippen LogP contribution in [0.5, 0.6) is 5.75 Å². The summed E-state index contributed by atoms with van der Waals surface area (Å²) < 4.78 is 5.27. The van der Waals surface area contributed by atoms with E-state index in [0.717, 1.165) is 18.4 Å². The van der Waals surface area contributed by atoms with Gasteiger partial charge in [-0.2, -0.15) is 0 Å². The van der Waals surface area contributed by atoms with E-state index in [4.69, 9.17) is 4.74 Å². The molecule has 2 aromatic rings. The topological polar surface area (TPSA) is 67.4 Å². The molecule has 124 valence electrons. The Kier molecular flexibility index (Phi) is 4.51. The molecule has 1 aliphatic carbocycles. The van der Waals surface area contributed by atoms with Gasteiger partial charge in [0.05, 0.1) is 12.8 Å². The monoisotopic (exact) mass is 324 g/mol. The Hall–Kier alpha value is -2.82. The zero-order valence-corrected chi connectivity index (χ0v) is 13.8. The van der Waals surface area contributed by atoms with Gasteiger partial charge in [0.1, 0.15) is 5.75 Å². The van der Waals surface area contributed by atoms with Crippen LogP contribution >= 0.6 is 0 Å². The molecule has 0 radical (unpaired) electrons. The maximum Gasteiger partial charge on any atom is 0.255 e. The summed E-state index contributed by atoms with van der Waals surface area (Å²) in [7, 11) is 1.57. The number of aryl methyl sites for hydroxylation is 1. The number of nitrogens with one attached hydrogen (secondary N) is 2. The lowest BCUT2D eigenvalue weighted by molar-refractivity contribution is -0.117. The lowest BCUT2D eigenvalue weighted by atomic mass is 10.1. The molecule has 0 heterocycles. The molecule has 2 N–H and O–H groups in total. The third-order valence-corrected chi connectivity index (χ3v) is 3.97. The first-order valence-electron chi connectivity index (χ1n) is 7.94. The minimum atomic E-state index is -0.223. The molecule has 2 aromatic carbocycles. The minimum Gasteiger partial charge on any atom is -0.495 e. The fourth-order valence-electron chi connectivity index (χ4n) is 2.41. The van der Waals surface area contributed by atoms with Crippen molar-refractivity contribution in [1.82, 2.24) is 0 Å². The van der Waals surface area contributed by atoms with E-state index in [1.807, 2.05) is 25.1 Å². The van der Waals surface area contributed by atoms with E-state index in [2.05, 4.69) is 10.6 Å². The van der Waals surface area contributed by atoms with Gasteiger partial charge in [-0.25, -0.2) is 0 Å². The van der Waals surface area contributed by atoms with Crippen molar-refractivity contribution in [3.63, 3.8) is 0 Å². The summed E-state index contributed by atoms with van der Waals surface area (Å²) in [6.45, 7) is 1.95. The van der Waals surface area contributed by atoms with Crippen LogP contribution in [0.15, 0.2) is 42.5 Å². The molecule has 0 aromatic heterocycles. The summed E-state index contributed by atoms with van der Waals surface area (Å²) in [5.74, 6) is 0.597. The molecular weight excluding hydrogens is 304 g/mol. The molecule has 5 heteroatoms. The molecule has 0 aliphatic heterocycles. The fraction of sp³-hybridized carbons (Fsp3) is 0.263. The number of amides is 2. The Morgan fingerprint density at radius 2 is 1.75 bits per heavy atom. The van der Waals surface area contributed by atoms with E-state index < -0.39 is 0 Å². The van der Waals surface area contributed by atoms with Gasteiger partial charge in [-0.1, -0.05) is 6.07 Å². The van der Waals surface area contributed by atoms with E-state index in [-0.39, 0.29) is 17.7 Å². The first-order chi connectivity index (χ1) is 11.6. The van der Waals surface area contributed by atoms with Crippen LogP contribution in [0.25, 0.3) is 0 Å². The van der Waals surface area contributed by atoms with Crippen molar-refractivity contribution >= 4 is 23.2 Å². The number of ether oxygens (including phenoxy) is 1. The largest absolute Gasteiger partial charge is 0.495 e. The number of methoxy groups -OCH3 is 1. The van der Waals surface area contributed by atoms with Crippen LogP contribution in [0, 0.1) is 12.8 Å². The zero-order valence-electron chi connectivity index (χ0n) is 13.8. The minimum absolute atomic E-state index is 0.0525. The predicted octanol–water partition coefficient (Wildman–Crippen LogP) is 3.60. The van der Waals surface area contributed by atoms with Crippen molar-refractivity contribution in [3.05, 3.63) is 53.6 Å². The number of hydrogen-bond acceptors (Lipinski definition) is 3. The van der Waals surface area contributed by atoms with Gasteiger partial charge in [0.25, 0.3) is 5.91 Å². The summed E-state index contributed by atoms with van der Waals surface area (Å²) in [5.41, 5.74) is 2.89. The molecule has 1 fully saturated rings. The van der Waals surface area contributed by atoms with Crippen molar-refractivity contribution in [2.45, 2.75) is 19.8 Å². The number of rotatable bonds is 5. The van der Waals surface area contributed by atoms with E-state index in [0.29, 0.717) is 22.7 Å². The van der Waals surface area contributed by atoms with E-state index >= 15 is 0 Å². The molecule has 5 nitrogen and oxygen atoms in total. The molecule has 24 heavy (non-hydrogen) atoms. The lowest BCUT2D eigenvalue weighted by Crippen LogP contribution is -2.15. The van der Waals surface area contributed by atoms with E-state index in [1.165, 1.54) is 0 Å². The van der Waals surface area contributed by atoms with Gasteiger partial charge in [0.2, 0.25) is 5.91 Å². The van der Waals surface area contributed by atoms with Crippen LogP contribution in [0.3, 0.4) is 0 Å². The molecule has 0 spiro atoms. The molecule has 1 aliphatic rings. The fourth-order valence-corrected chi connectivity index (χ4v) is 2.41. The van der Waals surface area contributed by atoms with Gasteiger partial charge in [-0.3, -0.25) is 9.59 Å². The highest BCUT2D eigenvalue weighted by atomic mass is 16.5. The highest BCUT2D eigenvalue weighted by molar-refractivity contribution is 6.05. The van der Waals surface area contributed by atoms with E-state index in [1.54, 1.807) is 31.4 Å². The van der Waals surface area contributed by atoms with Crippen molar-refractivity contribution in [2.24, 2.45) is 5.92 Å². The molecule has 1 saturated carbocycles. The van der Waals surface area contributed by atoms with Gasteiger partial charge < -0.3 is 15.4 Å². The summed E-state index contributed by atoms with van der Waals surface area (Å²) in [6.07, 6.45) is 1.93. The Labute approximate surface area is 141 Å². The Balaban J connectivity index is 1.68. The summed E-state index contributed by atoms with van der Waals surface area (Å²) in [6, 6.07) is 12.5. The Bertz CT molecular complexity index is 765. The predicted molar refractivity (Wildman–Crippen MR) is 93.5 cm³/mol. The van der Waals surface area contributed by atoms with Gasteiger partial charge >= 0.3 is 0 Å². The third kappa shape index (κ3) is 3.74. The molecule has 0 bridgehead atoms. The SMILES string of the molecule is COc1ccc(C)cc1NC(=O)c1ccc(NC(=O)C2CC2)cc1. The maximum absolute atomic E-state index is 12.4. The van der Waals surface area contributed by atoms with Crippen molar-refractivity contribution < 1.29 is 14.3 Å². The zero-order chi connectivity index (χ0) is 17.1. The first-order valence-corrected chi connectivity index (χ1v) is 7.94. The highest BCUT2D eigenvalue weighted by Crippen LogP contribution is 2.30. The Morgan fingerprint density at radius 1 is 1.04 bits per heavy atom. The summed E-state index contributed by atoms with van der Waals surface area (Å²) >= 11 is 0. The molecule has 0 unspecified atom stereocenters. The van der Waals surface area contributed by atoms with Crippen molar-refractivity contribution in [1.29, 1.82) is 0 Å². The van der Waals surface area contributed by atoms with Gasteiger partial charge in [-0.05, 0) is 61.7 Å². The number of anilines is 2. The third-order valence-electron chi connectivity index (χ3n) is 3.97. The van der Waals surface area contributed by atoms with Gasteiger partial charge in [-0.15, -0.1) is 0 Å². The number of carbonyl (C=O) groups is 2. The van der Waals surface area contributed by atoms with E-state index in [9.17, 15) is 9.59 Å². The van der Waals surface area contributed by atoms with Crippen molar-refractivity contribution in [3.8, 4) is 5.75 Å². The van der Waals surface area contributed by atoms with Crippen LogP contribution in [-0.2, 0) is 4.79 Å². The molecule has 0 atom stereocenters.